The first-order valence-electron chi connectivity index (χ1n) is 5.66. The molecule has 1 heterocycles. The van der Waals surface area contributed by atoms with Crippen LogP contribution in [0, 0.1) is 11.3 Å². The van der Waals surface area contributed by atoms with Crippen LogP contribution in [0.5, 0.6) is 0 Å². The number of carbonyl (C=O) groups excluding carboxylic acids is 1. The highest BCUT2D eigenvalue weighted by molar-refractivity contribution is 5.85. The lowest BCUT2D eigenvalue weighted by Crippen LogP contribution is -2.43. The Morgan fingerprint density at radius 1 is 1.50 bits per heavy atom. The average Bonchev–Trinajstić information content (AvgIpc) is 2.79. The highest BCUT2D eigenvalue weighted by Gasteiger charge is 2.50. The summed E-state index contributed by atoms with van der Waals surface area (Å²) in [4.78, 5) is 13.9. The van der Waals surface area contributed by atoms with E-state index < -0.39 is 0 Å². The van der Waals surface area contributed by atoms with E-state index in [-0.39, 0.29) is 5.41 Å². The van der Waals surface area contributed by atoms with Gasteiger partial charge in [-0.25, -0.2) is 0 Å². The van der Waals surface area contributed by atoms with Crippen LogP contribution in [0.4, 0.5) is 0 Å². The molecule has 1 saturated carbocycles. The van der Waals surface area contributed by atoms with Crippen LogP contribution in [0.15, 0.2) is 0 Å². The fourth-order valence-electron chi connectivity index (χ4n) is 3.17. The standard InChI is InChI=1S/C11H20N2O/c1-13-7-6-11(8-12,10(13)14)9-4-2-3-5-9/h9H,2-8,12H2,1H3. The Kier molecular flexibility index (Phi) is 2.52. The van der Waals surface area contributed by atoms with Crippen molar-refractivity contribution in [1.82, 2.24) is 4.90 Å². The van der Waals surface area contributed by atoms with E-state index in [0.29, 0.717) is 18.4 Å². The lowest BCUT2D eigenvalue weighted by Gasteiger charge is -2.31. The summed E-state index contributed by atoms with van der Waals surface area (Å²) in [5.74, 6) is 0.858. The molecule has 3 nitrogen and oxygen atoms in total. The highest BCUT2D eigenvalue weighted by atomic mass is 16.2. The van der Waals surface area contributed by atoms with E-state index in [1.807, 2.05) is 11.9 Å². The van der Waals surface area contributed by atoms with Crippen molar-refractivity contribution >= 4 is 5.91 Å². The lowest BCUT2D eigenvalue weighted by molar-refractivity contribution is -0.137. The second kappa shape index (κ2) is 3.54. The van der Waals surface area contributed by atoms with E-state index in [1.165, 1.54) is 25.7 Å². The van der Waals surface area contributed by atoms with E-state index in [1.54, 1.807) is 0 Å². The van der Waals surface area contributed by atoms with Gasteiger partial charge in [-0.1, -0.05) is 12.8 Å². The summed E-state index contributed by atoms with van der Waals surface area (Å²) >= 11 is 0. The molecule has 1 unspecified atom stereocenters. The molecule has 14 heavy (non-hydrogen) atoms. The van der Waals surface area contributed by atoms with Gasteiger partial charge in [0.1, 0.15) is 0 Å². The molecule has 0 aromatic heterocycles. The van der Waals surface area contributed by atoms with Crippen molar-refractivity contribution < 1.29 is 4.79 Å². The Hall–Kier alpha value is -0.570. The second-order valence-corrected chi connectivity index (χ2v) is 4.82. The van der Waals surface area contributed by atoms with Gasteiger partial charge in [0.05, 0.1) is 5.41 Å². The van der Waals surface area contributed by atoms with Gasteiger partial charge in [0.25, 0.3) is 0 Å². The van der Waals surface area contributed by atoms with Crippen molar-refractivity contribution in [3.05, 3.63) is 0 Å². The number of rotatable bonds is 2. The predicted molar refractivity (Wildman–Crippen MR) is 55.7 cm³/mol. The van der Waals surface area contributed by atoms with Crippen molar-refractivity contribution in [2.24, 2.45) is 17.1 Å². The Morgan fingerprint density at radius 2 is 2.14 bits per heavy atom. The minimum absolute atomic E-state index is 0.189. The number of hydrogen-bond donors (Lipinski definition) is 1. The second-order valence-electron chi connectivity index (χ2n) is 4.82. The van der Waals surface area contributed by atoms with Gasteiger partial charge >= 0.3 is 0 Å². The smallest absolute Gasteiger partial charge is 0.230 e. The van der Waals surface area contributed by atoms with Gasteiger partial charge in [0.2, 0.25) is 5.91 Å². The molecule has 1 atom stereocenters. The van der Waals surface area contributed by atoms with Gasteiger partial charge in [-0.3, -0.25) is 4.79 Å². The lowest BCUT2D eigenvalue weighted by atomic mass is 9.73. The molecule has 2 N–H and O–H groups in total. The van der Waals surface area contributed by atoms with Gasteiger partial charge in [-0.05, 0) is 25.2 Å². The quantitative estimate of drug-likeness (QED) is 0.715. The summed E-state index contributed by atoms with van der Waals surface area (Å²) in [6, 6.07) is 0. The first-order chi connectivity index (χ1) is 6.70. The molecule has 0 aromatic rings. The molecule has 0 spiro atoms. The Labute approximate surface area is 85.6 Å². The molecule has 2 aliphatic rings. The zero-order valence-electron chi connectivity index (χ0n) is 8.96. The van der Waals surface area contributed by atoms with E-state index >= 15 is 0 Å². The molecule has 1 aliphatic carbocycles. The third kappa shape index (κ3) is 1.26. The number of likely N-dealkylation sites (tertiary alicyclic amines) is 1. The molecule has 1 amide bonds. The minimum atomic E-state index is -0.189. The molecular weight excluding hydrogens is 176 g/mol. The maximum atomic E-state index is 12.1. The van der Waals surface area contributed by atoms with Crippen molar-refractivity contribution in [3.63, 3.8) is 0 Å². The molecule has 1 aliphatic heterocycles. The molecule has 3 heteroatoms. The molecule has 80 valence electrons. The van der Waals surface area contributed by atoms with Gasteiger partial charge in [-0.2, -0.15) is 0 Å². The summed E-state index contributed by atoms with van der Waals surface area (Å²) in [6.07, 6.45) is 5.95. The fraction of sp³-hybridized carbons (Fsp3) is 0.909. The molecule has 0 aromatic carbocycles. The van der Waals surface area contributed by atoms with E-state index in [2.05, 4.69) is 0 Å². The third-order valence-corrected chi connectivity index (χ3v) is 4.17. The van der Waals surface area contributed by atoms with E-state index in [9.17, 15) is 4.79 Å². The van der Waals surface area contributed by atoms with E-state index in [0.717, 1.165) is 13.0 Å². The van der Waals surface area contributed by atoms with Crippen molar-refractivity contribution in [1.29, 1.82) is 0 Å². The maximum Gasteiger partial charge on any atom is 0.230 e. The van der Waals surface area contributed by atoms with Gasteiger partial charge in [-0.15, -0.1) is 0 Å². The van der Waals surface area contributed by atoms with Gasteiger partial charge < -0.3 is 10.6 Å². The first kappa shape index (κ1) is 9.97. The summed E-state index contributed by atoms with van der Waals surface area (Å²) in [6.45, 7) is 1.44. The fourth-order valence-corrected chi connectivity index (χ4v) is 3.17. The van der Waals surface area contributed by atoms with Crippen LogP contribution < -0.4 is 5.73 Å². The summed E-state index contributed by atoms with van der Waals surface area (Å²) < 4.78 is 0. The number of amides is 1. The van der Waals surface area contributed by atoms with Crippen molar-refractivity contribution in [2.45, 2.75) is 32.1 Å². The normalized spacial score (nSPS) is 34.4. The Balaban J connectivity index is 2.20. The number of nitrogens with zero attached hydrogens (tertiary/aromatic N) is 1. The first-order valence-corrected chi connectivity index (χ1v) is 5.66. The summed E-state index contributed by atoms with van der Waals surface area (Å²) in [7, 11) is 1.90. The van der Waals surface area contributed by atoms with Crippen LogP contribution >= 0.6 is 0 Å². The highest BCUT2D eigenvalue weighted by Crippen LogP contribution is 2.45. The van der Waals surface area contributed by atoms with Gasteiger partial charge in [0.15, 0.2) is 0 Å². The predicted octanol–water partition coefficient (Wildman–Crippen LogP) is 0.984. The van der Waals surface area contributed by atoms with Crippen LogP contribution in [0.25, 0.3) is 0 Å². The van der Waals surface area contributed by atoms with Gasteiger partial charge in [0, 0.05) is 20.1 Å². The zero-order valence-corrected chi connectivity index (χ0v) is 8.96. The topological polar surface area (TPSA) is 46.3 Å². The number of hydrogen-bond acceptors (Lipinski definition) is 2. The molecule has 1 saturated heterocycles. The van der Waals surface area contributed by atoms with Crippen LogP contribution in [0.2, 0.25) is 0 Å². The SMILES string of the molecule is CN1CCC(CN)(C2CCCC2)C1=O. The maximum absolute atomic E-state index is 12.1. The Bertz CT molecular complexity index is 235. The number of carbonyl (C=O) groups is 1. The monoisotopic (exact) mass is 196 g/mol. The van der Waals surface area contributed by atoms with E-state index in [4.69, 9.17) is 5.73 Å². The molecule has 2 fully saturated rings. The average molecular weight is 196 g/mol. The molecular formula is C11H20N2O. The van der Waals surface area contributed by atoms with Crippen molar-refractivity contribution in [3.8, 4) is 0 Å². The van der Waals surface area contributed by atoms with Crippen LogP contribution in [0.1, 0.15) is 32.1 Å². The summed E-state index contributed by atoms with van der Waals surface area (Å²) in [5, 5.41) is 0. The summed E-state index contributed by atoms with van der Waals surface area (Å²) in [5.41, 5.74) is 5.66. The van der Waals surface area contributed by atoms with Crippen LogP contribution in [-0.2, 0) is 4.79 Å². The Morgan fingerprint density at radius 3 is 2.57 bits per heavy atom. The third-order valence-electron chi connectivity index (χ3n) is 4.17. The molecule has 2 rings (SSSR count). The minimum Gasteiger partial charge on any atom is -0.345 e. The van der Waals surface area contributed by atoms with Crippen LogP contribution in [-0.4, -0.2) is 30.9 Å². The van der Waals surface area contributed by atoms with Crippen molar-refractivity contribution in [2.75, 3.05) is 20.1 Å². The zero-order chi connectivity index (χ0) is 10.2. The number of nitrogens with two attached hydrogens (primary N) is 1. The van der Waals surface area contributed by atoms with Crippen LogP contribution in [0.3, 0.4) is 0 Å². The molecule has 0 radical (unpaired) electrons. The molecule has 0 bridgehead atoms. The largest absolute Gasteiger partial charge is 0.345 e.